The van der Waals surface area contributed by atoms with Gasteiger partial charge in [-0.05, 0) is 24.8 Å². The van der Waals surface area contributed by atoms with Gasteiger partial charge in [-0.25, -0.2) is 4.79 Å². The smallest absolute Gasteiger partial charge is 0.372 e. The van der Waals surface area contributed by atoms with Crippen LogP contribution in [0.5, 0.6) is 0 Å². The van der Waals surface area contributed by atoms with Crippen molar-refractivity contribution in [1.29, 1.82) is 0 Å². The fourth-order valence-electron chi connectivity index (χ4n) is 2.35. The molecule has 4 heteroatoms. The normalized spacial score (nSPS) is 24.8. The van der Waals surface area contributed by atoms with Gasteiger partial charge < -0.3 is 14.8 Å². The molecular weight excluding hydrogens is 206 g/mol. The average Bonchev–Trinajstić information content (AvgIpc) is 2.83. The van der Waals surface area contributed by atoms with Gasteiger partial charge in [0.2, 0.25) is 5.76 Å². The zero-order chi connectivity index (χ0) is 11.5. The van der Waals surface area contributed by atoms with Crippen molar-refractivity contribution >= 4 is 5.97 Å². The molecule has 0 spiro atoms. The first-order valence-electron chi connectivity index (χ1n) is 5.71. The Morgan fingerprint density at radius 2 is 2.44 bits per heavy atom. The molecule has 1 aliphatic rings. The van der Waals surface area contributed by atoms with Crippen LogP contribution in [0.1, 0.15) is 42.3 Å². The van der Waals surface area contributed by atoms with Gasteiger partial charge in [-0.2, -0.15) is 0 Å². The molecule has 1 heterocycles. The van der Waals surface area contributed by atoms with Crippen LogP contribution >= 0.6 is 0 Å². The molecular formula is C12H17NO3. The maximum Gasteiger partial charge on any atom is 0.372 e. The molecule has 0 radical (unpaired) electrons. The Balaban J connectivity index is 1.94. The second-order valence-corrected chi connectivity index (χ2v) is 4.48. The Labute approximate surface area is 94.6 Å². The second-order valence-electron chi connectivity index (χ2n) is 4.48. The number of carboxylic acids is 1. The first-order chi connectivity index (χ1) is 7.68. The van der Waals surface area contributed by atoms with E-state index in [2.05, 4.69) is 12.2 Å². The van der Waals surface area contributed by atoms with Crippen molar-refractivity contribution in [3.63, 3.8) is 0 Å². The van der Waals surface area contributed by atoms with Gasteiger partial charge in [0, 0.05) is 18.2 Å². The van der Waals surface area contributed by atoms with Gasteiger partial charge in [-0.1, -0.05) is 13.3 Å². The molecule has 2 N–H and O–H groups in total. The molecule has 1 aliphatic carbocycles. The molecule has 4 nitrogen and oxygen atoms in total. The third-order valence-corrected chi connectivity index (χ3v) is 3.36. The van der Waals surface area contributed by atoms with Gasteiger partial charge in [0.05, 0.1) is 6.26 Å². The molecule has 2 unspecified atom stereocenters. The fraction of sp³-hybridized carbons (Fsp3) is 0.583. The largest absolute Gasteiger partial charge is 0.475 e. The predicted molar refractivity (Wildman–Crippen MR) is 59.3 cm³/mol. The maximum absolute atomic E-state index is 10.8. The number of furan rings is 1. The maximum atomic E-state index is 10.8. The summed E-state index contributed by atoms with van der Waals surface area (Å²) in [6.45, 7) is 2.81. The molecule has 0 aromatic carbocycles. The minimum Gasteiger partial charge on any atom is -0.475 e. The van der Waals surface area contributed by atoms with Crippen LogP contribution in [0.25, 0.3) is 0 Å². The fourth-order valence-corrected chi connectivity index (χ4v) is 2.35. The van der Waals surface area contributed by atoms with Crippen LogP contribution in [-0.4, -0.2) is 17.1 Å². The summed E-state index contributed by atoms with van der Waals surface area (Å²) in [7, 11) is 0. The summed E-state index contributed by atoms with van der Waals surface area (Å²) in [4.78, 5) is 10.8. The number of aromatic carboxylic acids is 1. The molecule has 1 saturated carbocycles. The van der Waals surface area contributed by atoms with Crippen LogP contribution in [0.15, 0.2) is 16.7 Å². The van der Waals surface area contributed by atoms with Crippen LogP contribution in [0.2, 0.25) is 0 Å². The van der Waals surface area contributed by atoms with Crippen molar-refractivity contribution < 1.29 is 14.3 Å². The third kappa shape index (κ3) is 2.27. The van der Waals surface area contributed by atoms with Crippen LogP contribution in [0.4, 0.5) is 0 Å². The van der Waals surface area contributed by atoms with Gasteiger partial charge in [0.15, 0.2) is 0 Å². The lowest BCUT2D eigenvalue weighted by Gasteiger charge is -2.16. The number of hydrogen-bond donors (Lipinski definition) is 2. The number of nitrogens with one attached hydrogen (secondary N) is 1. The van der Waals surface area contributed by atoms with E-state index in [9.17, 15) is 4.79 Å². The van der Waals surface area contributed by atoms with Gasteiger partial charge >= 0.3 is 5.97 Å². The topological polar surface area (TPSA) is 62.5 Å². The van der Waals surface area contributed by atoms with E-state index in [0.29, 0.717) is 18.5 Å². The summed E-state index contributed by atoms with van der Waals surface area (Å²) in [6.07, 6.45) is 5.13. The molecule has 2 atom stereocenters. The van der Waals surface area contributed by atoms with Gasteiger partial charge in [0.1, 0.15) is 0 Å². The molecule has 2 rings (SSSR count). The molecule has 0 saturated heterocycles. The first kappa shape index (κ1) is 11.2. The number of rotatable bonds is 4. The van der Waals surface area contributed by atoms with E-state index in [1.54, 1.807) is 6.07 Å². The van der Waals surface area contributed by atoms with Crippen LogP contribution < -0.4 is 5.32 Å². The molecule has 0 amide bonds. The highest BCUT2D eigenvalue weighted by Gasteiger charge is 2.23. The lowest BCUT2D eigenvalue weighted by molar-refractivity contribution is 0.0660. The Morgan fingerprint density at radius 3 is 3.06 bits per heavy atom. The average molecular weight is 223 g/mol. The second kappa shape index (κ2) is 4.70. The lowest BCUT2D eigenvalue weighted by Crippen LogP contribution is -2.30. The molecule has 1 aromatic heterocycles. The number of carbonyl (C=O) groups is 1. The summed E-state index contributed by atoms with van der Waals surface area (Å²) in [5.74, 6) is -0.264. The van der Waals surface area contributed by atoms with Crippen LogP contribution in [0, 0.1) is 5.92 Å². The molecule has 88 valence electrons. The van der Waals surface area contributed by atoms with E-state index >= 15 is 0 Å². The Bertz CT molecular complexity index is 372. The lowest BCUT2D eigenvalue weighted by atomic mass is 10.1. The minimum absolute atomic E-state index is 0.0538. The Hall–Kier alpha value is -1.29. The summed E-state index contributed by atoms with van der Waals surface area (Å²) in [5.41, 5.74) is 0.728. The van der Waals surface area contributed by atoms with E-state index in [4.69, 9.17) is 9.52 Å². The van der Waals surface area contributed by atoms with Crippen molar-refractivity contribution in [2.24, 2.45) is 5.92 Å². The van der Waals surface area contributed by atoms with E-state index in [0.717, 1.165) is 5.56 Å². The Morgan fingerprint density at radius 1 is 1.62 bits per heavy atom. The SMILES string of the molecule is CC1CCCC1NCc1ccoc1C(=O)O. The molecule has 0 bridgehead atoms. The number of carboxylic acid groups (broad SMARTS) is 1. The summed E-state index contributed by atoms with van der Waals surface area (Å²) in [6, 6.07) is 2.23. The van der Waals surface area contributed by atoms with Crippen molar-refractivity contribution in [1.82, 2.24) is 5.32 Å². The Kier molecular flexibility index (Phi) is 3.29. The van der Waals surface area contributed by atoms with E-state index in [1.807, 2.05) is 0 Å². The van der Waals surface area contributed by atoms with Gasteiger partial charge in [-0.15, -0.1) is 0 Å². The summed E-state index contributed by atoms with van der Waals surface area (Å²) < 4.78 is 4.93. The van der Waals surface area contributed by atoms with Gasteiger partial charge in [-0.3, -0.25) is 0 Å². The highest BCUT2D eigenvalue weighted by atomic mass is 16.4. The van der Waals surface area contributed by atoms with Gasteiger partial charge in [0.25, 0.3) is 0 Å². The standard InChI is InChI=1S/C12H17NO3/c1-8-3-2-4-10(8)13-7-9-5-6-16-11(9)12(14)15/h5-6,8,10,13H,2-4,7H2,1H3,(H,14,15). The molecule has 16 heavy (non-hydrogen) atoms. The minimum atomic E-state index is -0.999. The zero-order valence-corrected chi connectivity index (χ0v) is 9.40. The number of hydrogen-bond acceptors (Lipinski definition) is 3. The van der Waals surface area contributed by atoms with Crippen LogP contribution in [-0.2, 0) is 6.54 Å². The third-order valence-electron chi connectivity index (χ3n) is 3.36. The summed E-state index contributed by atoms with van der Waals surface area (Å²) >= 11 is 0. The highest BCUT2D eigenvalue weighted by Crippen LogP contribution is 2.25. The van der Waals surface area contributed by atoms with Crippen LogP contribution in [0.3, 0.4) is 0 Å². The van der Waals surface area contributed by atoms with Crippen molar-refractivity contribution in [3.8, 4) is 0 Å². The summed E-state index contributed by atoms with van der Waals surface area (Å²) in [5, 5.41) is 12.3. The van der Waals surface area contributed by atoms with E-state index in [1.165, 1.54) is 25.5 Å². The monoisotopic (exact) mass is 223 g/mol. The molecule has 1 fully saturated rings. The first-order valence-corrected chi connectivity index (χ1v) is 5.71. The molecule has 0 aliphatic heterocycles. The van der Waals surface area contributed by atoms with E-state index < -0.39 is 5.97 Å². The van der Waals surface area contributed by atoms with Crippen molar-refractivity contribution in [2.45, 2.75) is 38.8 Å². The van der Waals surface area contributed by atoms with E-state index in [-0.39, 0.29) is 5.76 Å². The highest BCUT2D eigenvalue weighted by molar-refractivity contribution is 5.86. The molecule has 1 aromatic rings. The van der Waals surface area contributed by atoms with Crippen molar-refractivity contribution in [2.75, 3.05) is 0 Å². The predicted octanol–water partition coefficient (Wildman–Crippen LogP) is 2.26. The zero-order valence-electron chi connectivity index (χ0n) is 9.40. The van der Waals surface area contributed by atoms with Crippen molar-refractivity contribution in [3.05, 3.63) is 23.7 Å². The quantitative estimate of drug-likeness (QED) is 0.821.